The first-order valence-electron chi connectivity index (χ1n) is 7.28. The van der Waals surface area contributed by atoms with E-state index in [0.717, 1.165) is 12.1 Å². The summed E-state index contributed by atoms with van der Waals surface area (Å²) in [6, 6.07) is 0. The van der Waals surface area contributed by atoms with Crippen molar-refractivity contribution in [1.82, 2.24) is 4.90 Å². The molecule has 1 aliphatic rings. The molecule has 19 heavy (non-hydrogen) atoms. The van der Waals surface area contributed by atoms with Crippen molar-refractivity contribution in [3.63, 3.8) is 0 Å². The van der Waals surface area contributed by atoms with Crippen molar-refractivity contribution >= 4 is 5.91 Å². The van der Waals surface area contributed by atoms with Gasteiger partial charge >= 0.3 is 0 Å². The molecule has 0 heterocycles. The minimum Gasteiger partial charge on any atom is -0.342 e. The standard InChI is InChI=1S/C17H29NO/c1-13(2)8-7-9-17(5)11-15(17)12-18(6)16(19)10-14(3)4/h8,10,15H,7,9,11-12H2,1-6H3. The minimum absolute atomic E-state index is 0.138. The molecule has 0 N–H and O–H groups in total. The van der Waals surface area contributed by atoms with E-state index < -0.39 is 0 Å². The smallest absolute Gasteiger partial charge is 0.246 e. The lowest BCUT2D eigenvalue weighted by molar-refractivity contribution is -0.125. The predicted octanol–water partition coefficient (Wildman–Crippen LogP) is 4.18. The van der Waals surface area contributed by atoms with Gasteiger partial charge in [0.15, 0.2) is 0 Å². The van der Waals surface area contributed by atoms with Crippen LogP contribution in [-0.2, 0) is 4.79 Å². The van der Waals surface area contributed by atoms with Crippen molar-refractivity contribution in [3.8, 4) is 0 Å². The number of hydrogen-bond donors (Lipinski definition) is 0. The van der Waals surface area contributed by atoms with Crippen LogP contribution in [0.2, 0.25) is 0 Å². The maximum atomic E-state index is 11.9. The van der Waals surface area contributed by atoms with E-state index in [2.05, 4.69) is 26.8 Å². The maximum absolute atomic E-state index is 11.9. The molecule has 1 fully saturated rings. The Morgan fingerprint density at radius 1 is 1.26 bits per heavy atom. The first-order chi connectivity index (χ1) is 8.74. The van der Waals surface area contributed by atoms with Gasteiger partial charge in [0.25, 0.3) is 0 Å². The van der Waals surface area contributed by atoms with E-state index in [-0.39, 0.29) is 5.91 Å². The Hall–Kier alpha value is -1.05. The molecule has 0 aliphatic heterocycles. The number of rotatable bonds is 6. The molecule has 0 spiro atoms. The second-order valence-electron chi connectivity index (χ2n) is 6.82. The van der Waals surface area contributed by atoms with Crippen LogP contribution in [0.1, 0.15) is 53.9 Å². The van der Waals surface area contributed by atoms with E-state index in [1.54, 1.807) is 6.08 Å². The highest BCUT2D eigenvalue weighted by Gasteiger charge is 2.49. The van der Waals surface area contributed by atoms with Crippen molar-refractivity contribution < 1.29 is 4.79 Å². The Balaban J connectivity index is 2.38. The van der Waals surface area contributed by atoms with Gasteiger partial charge in [0.2, 0.25) is 5.91 Å². The number of amides is 1. The Labute approximate surface area is 118 Å². The largest absolute Gasteiger partial charge is 0.342 e. The zero-order chi connectivity index (χ0) is 14.6. The summed E-state index contributed by atoms with van der Waals surface area (Å²) in [5.74, 6) is 0.816. The average Bonchev–Trinajstić information content (AvgIpc) is 2.87. The Morgan fingerprint density at radius 2 is 1.89 bits per heavy atom. The number of allylic oxidation sites excluding steroid dienone is 3. The molecule has 2 heteroatoms. The van der Waals surface area contributed by atoms with Gasteiger partial charge in [-0.2, -0.15) is 0 Å². The van der Waals surface area contributed by atoms with Crippen molar-refractivity contribution in [2.24, 2.45) is 11.3 Å². The Kier molecular flexibility index (Phi) is 5.39. The van der Waals surface area contributed by atoms with Crippen molar-refractivity contribution in [1.29, 1.82) is 0 Å². The molecular formula is C17H29NO. The minimum atomic E-state index is 0.138. The molecule has 1 rings (SSSR count). The van der Waals surface area contributed by atoms with Gasteiger partial charge in [-0.1, -0.05) is 24.1 Å². The van der Waals surface area contributed by atoms with Crippen LogP contribution < -0.4 is 0 Å². The van der Waals surface area contributed by atoms with Gasteiger partial charge in [-0.15, -0.1) is 0 Å². The van der Waals surface area contributed by atoms with Gasteiger partial charge in [-0.05, 0) is 58.3 Å². The molecular weight excluding hydrogens is 234 g/mol. The van der Waals surface area contributed by atoms with E-state index in [9.17, 15) is 4.79 Å². The normalized spacial score (nSPS) is 24.6. The Bertz CT molecular complexity index is 386. The van der Waals surface area contributed by atoms with Crippen LogP contribution in [0.15, 0.2) is 23.3 Å². The third kappa shape index (κ3) is 5.22. The lowest BCUT2D eigenvalue weighted by atomic mass is 9.98. The molecule has 2 atom stereocenters. The van der Waals surface area contributed by atoms with Crippen LogP contribution in [0, 0.1) is 11.3 Å². The quantitative estimate of drug-likeness (QED) is 0.520. The summed E-state index contributed by atoms with van der Waals surface area (Å²) in [4.78, 5) is 13.7. The molecule has 0 saturated heterocycles. The van der Waals surface area contributed by atoms with Gasteiger partial charge < -0.3 is 4.90 Å². The fraction of sp³-hybridized carbons (Fsp3) is 0.706. The highest BCUT2D eigenvalue weighted by Crippen LogP contribution is 2.55. The van der Waals surface area contributed by atoms with Gasteiger partial charge in [-0.25, -0.2) is 0 Å². The molecule has 1 amide bonds. The highest BCUT2D eigenvalue weighted by atomic mass is 16.2. The number of carbonyl (C=O) groups is 1. The van der Waals surface area contributed by atoms with Crippen LogP contribution >= 0.6 is 0 Å². The van der Waals surface area contributed by atoms with Gasteiger partial charge in [0.1, 0.15) is 0 Å². The van der Waals surface area contributed by atoms with E-state index in [0.29, 0.717) is 11.3 Å². The topological polar surface area (TPSA) is 20.3 Å². The summed E-state index contributed by atoms with van der Waals surface area (Å²) in [6.07, 6.45) is 7.71. The molecule has 108 valence electrons. The second kappa shape index (κ2) is 6.40. The van der Waals surface area contributed by atoms with E-state index in [1.165, 1.54) is 24.8 Å². The van der Waals surface area contributed by atoms with Crippen LogP contribution in [0.5, 0.6) is 0 Å². The van der Waals surface area contributed by atoms with Crippen LogP contribution in [0.25, 0.3) is 0 Å². The molecule has 0 aromatic heterocycles. The van der Waals surface area contributed by atoms with Crippen molar-refractivity contribution in [2.75, 3.05) is 13.6 Å². The summed E-state index contributed by atoms with van der Waals surface area (Å²) < 4.78 is 0. The van der Waals surface area contributed by atoms with E-state index >= 15 is 0 Å². The third-order valence-corrected chi connectivity index (χ3v) is 4.09. The van der Waals surface area contributed by atoms with Crippen molar-refractivity contribution in [3.05, 3.63) is 23.3 Å². The molecule has 0 aromatic rings. The molecule has 0 radical (unpaired) electrons. The lowest BCUT2D eigenvalue weighted by Gasteiger charge is -2.18. The third-order valence-electron chi connectivity index (χ3n) is 4.09. The number of likely N-dealkylation sites (N-methyl/N-ethyl adjacent to an activating group) is 1. The van der Waals surface area contributed by atoms with Crippen molar-refractivity contribution in [2.45, 2.75) is 53.9 Å². The molecule has 0 bridgehead atoms. The van der Waals surface area contributed by atoms with Crippen LogP contribution in [0.4, 0.5) is 0 Å². The predicted molar refractivity (Wildman–Crippen MR) is 81.9 cm³/mol. The van der Waals surface area contributed by atoms with Gasteiger partial charge in [-0.3, -0.25) is 4.79 Å². The number of carbonyl (C=O) groups excluding carboxylic acids is 1. The van der Waals surface area contributed by atoms with Gasteiger partial charge in [0, 0.05) is 19.7 Å². The van der Waals surface area contributed by atoms with Crippen LogP contribution in [-0.4, -0.2) is 24.4 Å². The Morgan fingerprint density at radius 3 is 2.42 bits per heavy atom. The van der Waals surface area contributed by atoms with E-state index in [1.807, 2.05) is 25.8 Å². The summed E-state index contributed by atoms with van der Waals surface area (Å²) >= 11 is 0. The summed E-state index contributed by atoms with van der Waals surface area (Å²) in [5.41, 5.74) is 2.92. The zero-order valence-corrected chi connectivity index (χ0v) is 13.4. The molecule has 1 aliphatic carbocycles. The first-order valence-corrected chi connectivity index (χ1v) is 7.28. The summed E-state index contributed by atoms with van der Waals surface area (Å²) in [7, 11) is 1.91. The molecule has 2 unspecified atom stereocenters. The lowest BCUT2D eigenvalue weighted by Crippen LogP contribution is -2.28. The van der Waals surface area contributed by atoms with E-state index in [4.69, 9.17) is 0 Å². The molecule has 2 nitrogen and oxygen atoms in total. The fourth-order valence-electron chi connectivity index (χ4n) is 2.56. The number of nitrogens with zero attached hydrogens (tertiary/aromatic N) is 1. The highest BCUT2D eigenvalue weighted by molar-refractivity contribution is 5.87. The molecule has 1 saturated carbocycles. The summed E-state index contributed by atoms with van der Waals surface area (Å²) in [5, 5.41) is 0. The van der Waals surface area contributed by atoms with Gasteiger partial charge in [0.05, 0.1) is 0 Å². The first kappa shape index (κ1) is 16.0. The fourth-order valence-corrected chi connectivity index (χ4v) is 2.56. The average molecular weight is 263 g/mol. The maximum Gasteiger partial charge on any atom is 0.246 e. The number of hydrogen-bond acceptors (Lipinski definition) is 1. The molecule has 0 aromatic carbocycles. The monoisotopic (exact) mass is 263 g/mol. The SMILES string of the molecule is CC(C)=CCCC1(C)CC1CN(C)C(=O)C=C(C)C. The van der Waals surface area contributed by atoms with Crippen LogP contribution in [0.3, 0.4) is 0 Å². The summed E-state index contributed by atoms with van der Waals surface area (Å²) in [6.45, 7) is 11.5. The zero-order valence-electron chi connectivity index (χ0n) is 13.4. The second-order valence-corrected chi connectivity index (χ2v) is 6.82.